The minimum Gasteiger partial charge on any atom is -0.427 e. The van der Waals surface area contributed by atoms with E-state index in [1.54, 1.807) is 0 Å². The van der Waals surface area contributed by atoms with E-state index in [4.69, 9.17) is 0 Å². The molecule has 0 spiro atoms. The van der Waals surface area contributed by atoms with Crippen molar-refractivity contribution < 1.29 is 5.21 Å². The molecule has 0 radical (unpaired) electrons. The topological polar surface area (TPSA) is 75.9 Å². The molecule has 0 saturated carbocycles. The highest BCUT2D eigenvalue weighted by Crippen LogP contribution is 2.17. The van der Waals surface area contributed by atoms with Crippen LogP contribution in [0, 0.1) is 0 Å². The maximum absolute atomic E-state index is 9.62. The van der Waals surface area contributed by atoms with Gasteiger partial charge in [0.25, 0.3) is 0 Å². The standard InChI is InChI=1S/C12H11N5O/c18-17-8-16-12-10(17)11(14-7-15-12)13-6-9-4-2-1-3-5-9/h1-5,7-8,18H,6H2,(H,13,14,15). The van der Waals surface area contributed by atoms with Gasteiger partial charge in [0.2, 0.25) is 0 Å². The second-order valence-electron chi connectivity index (χ2n) is 3.82. The number of nitrogens with zero attached hydrogens (tertiary/aromatic N) is 4. The van der Waals surface area contributed by atoms with Crippen LogP contribution < -0.4 is 5.32 Å². The zero-order valence-corrected chi connectivity index (χ0v) is 9.48. The van der Waals surface area contributed by atoms with Gasteiger partial charge in [0.15, 0.2) is 17.0 Å². The van der Waals surface area contributed by atoms with E-state index in [0.29, 0.717) is 23.5 Å². The maximum Gasteiger partial charge on any atom is 0.186 e. The molecule has 6 nitrogen and oxygen atoms in total. The molecular weight excluding hydrogens is 230 g/mol. The molecule has 0 aliphatic rings. The Morgan fingerprint density at radius 2 is 1.94 bits per heavy atom. The van der Waals surface area contributed by atoms with Crippen LogP contribution in [0.4, 0.5) is 5.82 Å². The zero-order chi connectivity index (χ0) is 12.4. The summed E-state index contributed by atoms with van der Waals surface area (Å²) in [6.45, 7) is 0.623. The van der Waals surface area contributed by atoms with Gasteiger partial charge in [0.05, 0.1) is 0 Å². The fourth-order valence-corrected chi connectivity index (χ4v) is 1.75. The van der Waals surface area contributed by atoms with E-state index in [1.807, 2.05) is 30.3 Å². The molecule has 3 aromatic rings. The van der Waals surface area contributed by atoms with Crippen molar-refractivity contribution in [1.29, 1.82) is 0 Å². The maximum atomic E-state index is 9.62. The van der Waals surface area contributed by atoms with Crippen molar-refractivity contribution in [2.24, 2.45) is 0 Å². The Hall–Kier alpha value is -2.63. The largest absolute Gasteiger partial charge is 0.427 e. The first-order chi connectivity index (χ1) is 8.84. The van der Waals surface area contributed by atoms with Crippen LogP contribution in [0.1, 0.15) is 5.56 Å². The van der Waals surface area contributed by atoms with Gasteiger partial charge in [0.1, 0.15) is 12.7 Å². The summed E-state index contributed by atoms with van der Waals surface area (Å²) in [5.41, 5.74) is 2.07. The van der Waals surface area contributed by atoms with E-state index in [9.17, 15) is 5.21 Å². The molecule has 0 atom stereocenters. The minimum absolute atomic E-state index is 0.461. The summed E-state index contributed by atoms with van der Waals surface area (Å²) in [7, 11) is 0. The number of imidazole rings is 1. The van der Waals surface area contributed by atoms with Crippen LogP contribution in [0.3, 0.4) is 0 Å². The first-order valence-corrected chi connectivity index (χ1v) is 5.50. The fourth-order valence-electron chi connectivity index (χ4n) is 1.75. The lowest BCUT2D eigenvalue weighted by Gasteiger charge is -2.06. The van der Waals surface area contributed by atoms with E-state index in [-0.39, 0.29) is 0 Å². The number of hydrogen-bond donors (Lipinski definition) is 2. The summed E-state index contributed by atoms with van der Waals surface area (Å²) in [5.74, 6) is 0.559. The molecule has 3 rings (SSSR count). The van der Waals surface area contributed by atoms with Crippen LogP contribution in [0.2, 0.25) is 0 Å². The minimum atomic E-state index is 0.461. The molecule has 2 aromatic heterocycles. The molecular formula is C12H11N5O. The SMILES string of the molecule is On1cnc2ncnc(NCc3ccccc3)c21. The van der Waals surface area contributed by atoms with E-state index < -0.39 is 0 Å². The lowest BCUT2D eigenvalue weighted by atomic mass is 10.2. The molecule has 0 aliphatic heterocycles. The summed E-state index contributed by atoms with van der Waals surface area (Å²) < 4.78 is 0.919. The average Bonchev–Trinajstić information content (AvgIpc) is 2.80. The van der Waals surface area contributed by atoms with Gasteiger partial charge in [-0.05, 0) is 5.56 Å². The number of fused-ring (bicyclic) bond motifs is 1. The van der Waals surface area contributed by atoms with Crippen LogP contribution in [0.15, 0.2) is 43.0 Å². The summed E-state index contributed by atoms with van der Waals surface area (Å²) in [4.78, 5) is 12.0. The lowest BCUT2D eigenvalue weighted by molar-refractivity contribution is 0.198. The third-order valence-electron chi connectivity index (χ3n) is 2.62. The van der Waals surface area contributed by atoms with Crippen LogP contribution in [0.25, 0.3) is 11.2 Å². The predicted molar refractivity (Wildman–Crippen MR) is 66.3 cm³/mol. The number of rotatable bonds is 3. The molecule has 2 N–H and O–H groups in total. The summed E-state index contributed by atoms with van der Waals surface area (Å²) >= 11 is 0. The summed E-state index contributed by atoms with van der Waals surface area (Å²) in [5, 5.41) is 12.8. The molecule has 6 heteroatoms. The quantitative estimate of drug-likeness (QED) is 0.682. The highest BCUT2D eigenvalue weighted by atomic mass is 16.5. The highest BCUT2D eigenvalue weighted by Gasteiger charge is 2.09. The van der Waals surface area contributed by atoms with Crippen molar-refractivity contribution in [1.82, 2.24) is 19.7 Å². The molecule has 0 unspecified atom stereocenters. The Bertz CT molecular complexity index is 665. The molecule has 1 aromatic carbocycles. The third-order valence-corrected chi connectivity index (χ3v) is 2.62. The second kappa shape index (κ2) is 4.33. The Balaban J connectivity index is 1.89. The lowest BCUT2D eigenvalue weighted by Crippen LogP contribution is -2.04. The van der Waals surface area contributed by atoms with Gasteiger partial charge in [-0.15, -0.1) is 0 Å². The summed E-state index contributed by atoms with van der Waals surface area (Å²) in [6, 6.07) is 9.95. The van der Waals surface area contributed by atoms with Crippen molar-refractivity contribution >= 4 is 17.0 Å². The second-order valence-corrected chi connectivity index (χ2v) is 3.82. The molecule has 0 bridgehead atoms. The molecule has 0 saturated heterocycles. The Morgan fingerprint density at radius 3 is 2.78 bits per heavy atom. The number of hydrogen-bond acceptors (Lipinski definition) is 5. The van der Waals surface area contributed by atoms with Crippen LogP contribution >= 0.6 is 0 Å². The van der Waals surface area contributed by atoms with Crippen molar-refractivity contribution in [2.75, 3.05) is 5.32 Å². The summed E-state index contributed by atoms with van der Waals surface area (Å²) in [6.07, 6.45) is 2.72. The monoisotopic (exact) mass is 241 g/mol. The van der Waals surface area contributed by atoms with Gasteiger partial charge >= 0.3 is 0 Å². The van der Waals surface area contributed by atoms with Crippen LogP contribution in [-0.2, 0) is 6.54 Å². The number of anilines is 1. The van der Waals surface area contributed by atoms with Gasteiger partial charge in [-0.3, -0.25) is 0 Å². The van der Waals surface area contributed by atoms with Crippen LogP contribution in [-0.4, -0.2) is 24.9 Å². The van der Waals surface area contributed by atoms with E-state index in [1.165, 1.54) is 12.7 Å². The molecule has 18 heavy (non-hydrogen) atoms. The zero-order valence-electron chi connectivity index (χ0n) is 9.48. The van der Waals surface area contributed by atoms with Gasteiger partial charge < -0.3 is 10.5 Å². The van der Waals surface area contributed by atoms with Crippen molar-refractivity contribution in [2.45, 2.75) is 6.54 Å². The van der Waals surface area contributed by atoms with Gasteiger partial charge in [-0.25, -0.2) is 15.0 Å². The normalized spacial score (nSPS) is 10.7. The Morgan fingerprint density at radius 1 is 1.11 bits per heavy atom. The van der Waals surface area contributed by atoms with E-state index in [0.717, 1.165) is 10.3 Å². The predicted octanol–water partition coefficient (Wildman–Crippen LogP) is 1.68. The fraction of sp³-hybridized carbons (Fsp3) is 0.0833. The molecule has 0 aliphatic carbocycles. The molecule has 90 valence electrons. The highest BCUT2D eigenvalue weighted by molar-refractivity contribution is 5.82. The average molecular weight is 241 g/mol. The molecule has 0 amide bonds. The van der Waals surface area contributed by atoms with Gasteiger partial charge in [-0.2, -0.15) is 4.73 Å². The third kappa shape index (κ3) is 1.84. The number of benzene rings is 1. The molecule has 2 heterocycles. The first kappa shape index (κ1) is 10.5. The van der Waals surface area contributed by atoms with E-state index >= 15 is 0 Å². The Labute approximate surface area is 103 Å². The van der Waals surface area contributed by atoms with Crippen LogP contribution in [0.5, 0.6) is 0 Å². The Kier molecular flexibility index (Phi) is 2.53. The smallest absolute Gasteiger partial charge is 0.186 e. The van der Waals surface area contributed by atoms with E-state index in [2.05, 4.69) is 20.3 Å². The van der Waals surface area contributed by atoms with Gasteiger partial charge in [0, 0.05) is 6.54 Å². The van der Waals surface area contributed by atoms with Crippen molar-refractivity contribution in [3.8, 4) is 0 Å². The number of nitrogens with one attached hydrogen (secondary N) is 1. The number of aromatic nitrogens is 4. The van der Waals surface area contributed by atoms with Gasteiger partial charge in [-0.1, -0.05) is 30.3 Å². The van der Waals surface area contributed by atoms with Crippen molar-refractivity contribution in [3.05, 3.63) is 48.5 Å². The first-order valence-electron chi connectivity index (χ1n) is 5.50. The van der Waals surface area contributed by atoms with Crippen molar-refractivity contribution in [3.63, 3.8) is 0 Å². The molecule has 0 fully saturated rings.